The Morgan fingerprint density at radius 3 is 2.94 bits per heavy atom. The van der Waals surface area contributed by atoms with Gasteiger partial charge in [0.15, 0.2) is 0 Å². The molecule has 1 saturated heterocycles. The Morgan fingerprint density at radius 1 is 1.56 bits per heavy atom. The van der Waals surface area contributed by atoms with Gasteiger partial charge in [-0.15, -0.1) is 0 Å². The van der Waals surface area contributed by atoms with Crippen molar-refractivity contribution in [2.45, 2.75) is 18.9 Å². The quantitative estimate of drug-likeness (QED) is 0.752. The molecule has 0 bridgehead atoms. The van der Waals surface area contributed by atoms with Crippen molar-refractivity contribution in [3.05, 3.63) is 0 Å². The molecule has 1 rings (SSSR count). The standard InChI is InChI=1S/C11H22N2O2S/c1-12(2)4-3-5-13-6-7-16-9-10(13)8-11(14)15/h10H,3-9H2,1-2H3,(H,14,15). The maximum absolute atomic E-state index is 10.8. The first-order chi connectivity index (χ1) is 7.59. The average molecular weight is 246 g/mol. The zero-order valence-corrected chi connectivity index (χ0v) is 11.0. The van der Waals surface area contributed by atoms with E-state index in [4.69, 9.17) is 5.11 Å². The number of carboxylic acid groups (broad SMARTS) is 1. The lowest BCUT2D eigenvalue weighted by atomic mass is 10.2. The van der Waals surface area contributed by atoms with Gasteiger partial charge in [-0.2, -0.15) is 11.8 Å². The summed E-state index contributed by atoms with van der Waals surface area (Å²) in [5.74, 6) is 1.43. The van der Waals surface area contributed by atoms with E-state index in [1.807, 2.05) is 11.8 Å². The lowest BCUT2D eigenvalue weighted by Crippen LogP contribution is -2.44. The number of aliphatic carboxylic acids is 1. The van der Waals surface area contributed by atoms with Gasteiger partial charge < -0.3 is 10.0 Å². The molecule has 1 aliphatic heterocycles. The van der Waals surface area contributed by atoms with Crippen LogP contribution in [0.2, 0.25) is 0 Å². The van der Waals surface area contributed by atoms with Gasteiger partial charge in [0.2, 0.25) is 0 Å². The van der Waals surface area contributed by atoms with Crippen LogP contribution in [0.3, 0.4) is 0 Å². The smallest absolute Gasteiger partial charge is 0.304 e. The van der Waals surface area contributed by atoms with E-state index in [1.165, 1.54) is 0 Å². The van der Waals surface area contributed by atoms with Crippen LogP contribution in [0.25, 0.3) is 0 Å². The van der Waals surface area contributed by atoms with Gasteiger partial charge in [-0.3, -0.25) is 9.69 Å². The second-order valence-electron chi connectivity index (χ2n) is 4.52. The summed E-state index contributed by atoms with van der Waals surface area (Å²) in [6.07, 6.45) is 1.41. The normalized spacial score (nSPS) is 22.6. The predicted molar refractivity (Wildman–Crippen MR) is 68.1 cm³/mol. The van der Waals surface area contributed by atoms with Gasteiger partial charge in [0.25, 0.3) is 0 Å². The van der Waals surface area contributed by atoms with Crippen molar-refractivity contribution < 1.29 is 9.90 Å². The third-order valence-corrected chi connectivity index (χ3v) is 3.90. The summed E-state index contributed by atoms with van der Waals surface area (Å²) in [6.45, 7) is 3.14. The number of thioether (sulfide) groups is 1. The first kappa shape index (κ1) is 13.8. The molecule has 1 aliphatic rings. The molecule has 0 spiro atoms. The molecule has 5 heteroatoms. The predicted octanol–water partition coefficient (Wildman–Crippen LogP) is 0.830. The Bertz CT molecular complexity index is 224. The van der Waals surface area contributed by atoms with Crippen LogP contribution in [0.1, 0.15) is 12.8 Å². The van der Waals surface area contributed by atoms with E-state index in [-0.39, 0.29) is 12.5 Å². The molecule has 94 valence electrons. The molecule has 1 atom stereocenters. The number of carbonyl (C=O) groups is 1. The van der Waals surface area contributed by atoms with Crippen LogP contribution in [0.15, 0.2) is 0 Å². The number of hydrogen-bond donors (Lipinski definition) is 1. The molecule has 0 aromatic heterocycles. The number of nitrogens with zero attached hydrogens (tertiary/aromatic N) is 2. The fourth-order valence-corrected chi connectivity index (χ4v) is 3.09. The van der Waals surface area contributed by atoms with Crippen molar-refractivity contribution in [2.24, 2.45) is 0 Å². The average Bonchev–Trinajstić information content (AvgIpc) is 2.19. The highest BCUT2D eigenvalue weighted by atomic mass is 32.2. The lowest BCUT2D eigenvalue weighted by molar-refractivity contribution is -0.138. The van der Waals surface area contributed by atoms with Crippen LogP contribution < -0.4 is 0 Å². The summed E-state index contributed by atoms with van der Waals surface area (Å²) < 4.78 is 0. The van der Waals surface area contributed by atoms with E-state index < -0.39 is 5.97 Å². The molecule has 4 nitrogen and oxygen atoms in total. The van der Waals surface area contributed by atoms with Crippen molar-refractivity contribution in [1.29, 1.82) is 0 Å². The van der Waals surface area contributed by atoms with E-state index >= 15 is 0 Å². The molecule has 0 saturated carbocycles. The highest BCUT2D eigenvalue weighted by Gasteiger charge is 2.24. The Hall–Kier alpha value is -0.260. The summed E-state index contributed by atoms with van der Waals surface area (Å²) in [7, 11) is 4.14. The Kier molecular flexibility index (Phi) is 6.16. The van der Waals surface area contributed by atoms with Crippen molar-refractivity contribution >= 4 is 17.7 Å². The van der Waals surface area contributed by atoms with E-state index in [0.717, 1.165) is 37.6 Å². The molecule has 0 aromatic carbocycles. The number of hydrogen-bond acceptors (Lipinski definition) is 4. The fraction of sp³-hybridized carbons (Fsp3) is 0.909. The molecule has 16 heavy (non-hydrogen) atoms. The van der Waals surface area contributed by atoms with E-state index in [0.29, 0.717) is 0 Å². The molecule has 0 aromatic rings. The summed E-state index contributed by atoms with van der Waals surface area (Å²) in [6, 6.07) is 0.235. The number of rotatable bonds is 6. The van der Waals surface area contributed by atoms with Crippen LogP contribution in [0.4, 0.5) is 0 Å². The lowest BCUT2D eigenvalue weighted by Gasteiger charge is -2.34. The van der Waals surface area contributed by atoms with Crippen molar-refractivity contribution in [2.75, 3.05) is 45.2 Å². The molecule has 1 heterocycles. The second-order valence-corrected chi connectivity index (χ2v) is 5.67. The van der Waals surface area contributed by atoms with Gasteiger partial charge in [-0.1, -0.05) is 0 Å². The molecule has 1 fully saturated rings. The van der Waals surface area contributed by atoms with Gasteiger partial charge in [0.1, 0.15) is 0 Å². The summed E-state index contributed by atoms with van der Waals surface area (Å²) >= 11 is 1.87. The van der Waals surface area contributed by atoms with Gasteiger partial charge in [0.05, 0.1) is 6.42 Å². The SMILES string of the molecule is CN(C)CCCN1CCSCC1CC(=O)O. The molecule has 1 N–H and O–H groups in total. The van der Waals surface area contributed by atoms with E-state index in [2.05, 4.69) is 23.9 Å². The van der Waals surface area contributed by atoms with Crippen molar-refractivity contribution in [3.8, 4) is 0 Å². The molecule has 0 radical (unpaired) electrons. The maximum atomic E-state index is 10.8. The topological polar surface area (TPSA) is 43.8 Å². The van der Waals surface area contributed by atoms with Gasteiger partial charge in [0, 0.05) is 24.1 Å². The molecular formula is C11H22N2O2S. The second kappa shape index (κ2) is 7.14. The van der Waals surface area contributed by atoms with Crippen molar-refractivity contribution in [3.63, 3.8) is 0 Å². The third kappa shape index (κ3) is 5.18. The van der Waals surface area contributed by atoms with E-state index in [9.17, 15) is 4.79 Å². The minimum absolute atomic E-state index is 0.235. The first-order valence-corrected chi connectivity index (χ1v) is 6.93. The zero-order valence-electron chi connectivity index (χ0n) is 10.2. The van der Waals surface area contributed by atoms with Crippen LogP contribution >= 0.6 is 11.8 Å². The van der Waals surface area contributed by atoms with Crippen LogP contribution in [0.5, 0.6) is 0 Å². The Labute approximate surface area is 102 Å². The van der Waals surface area contributed by atoms with Crippen LogP contribution in [0, 0.1) is 0 Å². The van der Waals surface area contributed by atoms with Crippen LogP contribution in [-0.2, 0) is 4.79 Å². The van der Waals surface area contributed by atoms with Gasteiger partial charge in [-0.05, 0) is 33.6 Å². The largest absolute Gasteiger partial charge is 0.481 e. The third-order valence-electron chi connectivity index (χ3n) is 2.81. The minimum Gasteiger partial charge on any atom is -0.481 e. The Morgan fingerprint density at radius 2 is 2.31 bits per heavy atom. The molecule has 1 unspecified atom stereocenters. The summed E-state index contributed by atoms with van der Waals surface area (Å²) in [5, 5.41) is 8.85. The fourth-order valence-electron chi connectivity index (χ4n) is 1.96. The highest BCUT2D eigenvalue weighted by molar-refractivity contribution is 7.99. The van der Waals surface area contributed by atoms with Crippen LogP contribution in [-0.4, -0.2) is 72.2 Å². The Balaban J connectivity index is 2.31. The summed E-state index contributed by atoms with van der Waals surface area (Å²) in [5.41, 5.74) is 0. The maximum Gasteiger partial charge on any atom is 0.304 e. The van der Waals surface area contributed by atoms with Crippen molar-refractivity contribution in [1.82, 2.24) is 9.80 Å². The van der Waals surface area contributed by atoms with E-state index in [1.54, 1.807) is 0 Å². The first-order valence-electron chi connectivity index (χ1n) is 5.78. The molecule has 0 amide bonds. The number of carboxylic acids is 1. The minimum atomic E-state index is -0.676. The highest BCUT2D eigenvalue weighted by Crippen LogP contribution is 2.19. The van der Waals surface area contributed by atoms with Gasteiger partial charge in [-0.25, -0.2) is 0 Å². The zero-order chi connectivity index (χ0) is 12.0. The monoisotopic (exact) mass is 246 g/mol. The molecule has 0 aliphatic carbocycles. The van der Waals surface area contributed by atoms with Gasteiger partial charge >= 0.3 is 5.97 Å². The summed E-state index contributed by atoms with van der Waals surface area (Å²) in [4.78, 5) is 15.3. The molecular weight excluding hydrogens is 224 g/mol.